The normalized spacial score (nSPS) is 20.3. The maximum atomic E-state index is 13.0. The first-order valence-corrected chi connectivity index (χ1v) is 9.80. The van der Waals surface area contributed by atoms with E-state index in [9.17, 15) is 9.59 Å². The van der Waals surface area contributed by atoms with E-state index in [1.165, 1.54) is 0 Å². The number of ether oxygens (including phenoxy) is 2. The molecule has 1 fully saturated rings. The molecule has 1 aromatic rings. The molecule has 1 heterocycles. The smallest absolute Gasteiger partial charge is 0.326 e. The lowest BCUT2D eigenvalue weighted by molar-refractivity contribution is -0.172. The molecule has 4 nitrogen and oxygen atoms in total. The molecular formula is C17H20O4S2. The van der Waals surface area contributed by atoms with E-state index in [2.05, 4.69) is 0 Å². The fourth-order valence-corrected chi connectivity index (χ4v) is 7.20. The van der Waals surface area contributed by atoms with E-state index >= 15 is 0 Å². The predicted octanol–water partition coefficient (Wildman–Crippen LogP) is 2.99. The van der Waals surface area contributed by atoms with Gasteiger partial charge in [0.1, 0.15) is 4.08 Å². The van der Waals surface area contributed by atoms with Crippen molar-refractivity contribution in [3.8, 4) is 0 Å². The van der Waals surface area contributed by atoms with E-state index < -0.39 is 21.4 Å². The fraction of sp³-hybridized carbons (Fsp3) is 0.529. The van der Waals surface area contributed by atoms with Gasteiger partial charge in [-0.15, -0.1) is 23.5 Å². The van der Waals surface area contributed by atoms with Crippen molar-refractivity contribution in [2.24, 2.45) is 5.41 Å². The second-order valence-corrected chi connectivity index (χ2v) is 8.37. The molecule has 3 rings (SSSR count). The third kappa shape index (κ3) is 2.30. The molecule has 0 N–H and O–H groups in total. The summed E-state index contributed by atoms with van der Waals surface area (Å²) in [6.07, 6.45) is 0.348. The minimum atomic E-state index is -1.30. The third-order valence-electron chi connectivity index (χ3n) is 4.33. The zero-order valence-electron chi connectivity index (χ0n) is 13.3. The van der Waals surface area contributed by atoms with Crippen LogP contribution in [0.15, 0.2) is 24.3 Å². The molecule has 1 aliphatic heterocycles. The summed E-state index contributed by atoms with van der Waals surface area (Å²) in [5.74, 6) is 0.882. The highest BCUT2D eigenvalue weighted by Gasteiger charge is 2.70. The van der Waals surface area contributed by atoms with Crippen molar-refractivity contribution in [1.82, 2.24) is 0 Å². The number of esters is 2. The van der Waals surface area contributed by atoms with Gasteiger partial charge in [-0.1, -0.05) is 24.3 Å². The van der Waals surface area contributed by atoms with Crippen LogP contribution in [0.1, 0.15) is 25.0 Å². The molecule has 1 saturated heterocycles. The number of carbonyl (C=O) groups excluding carboxylic acids is 2. The molecule has 0 radical (unpaired) electrons. The van der Waals surface area contributed by atoms with Gasteiger partial charge >= 0.3 is 11.9 Å². The molecule has 1 aliphatic carbocycles. The molecule has 0 bridgehead atoms. The Bertz CT molecular complexity index is 605. The Morgan fingerprint density at radius 1 is 1.04 bits per heavy atom. The quantitative estimate of drug-likeness (QED) is 0.613. The maximum Gasteiger partial charge on any atom is 0.326 e. The lowest BCUT2D eigenvalue weighted by atomic mass is 9.83. The monoisotopic (exact) mass is 352 g/mol. The van der Waals surface area contributed by atoms with Crippen LogP contribution in [-0.4, -0.2) is 36.7 Å². The van der Waals surface area contributed by atoms with E-state index in [1.54, 1.807) is 37.4 Å². The lowest BCUT2D eigenvalue weighted by Gasteiger charge is -2.38. The highest BCUT2D eigenvalue weighted by atomic mass is 32.2. The van der Waals surface area contributed by atoms with Crippen molar-refractivity contribution in [1.29, 1.82) is 0 Å². The summed E-state index contributed by atoms with van der Waals surface area (Å²) in [6, 6.07) is 7.94. The standard InChI is InChI=1S/C17H20O4S2/c1-3-20-14(18)16(15(19)21-4-2)11-12-7-5-6-8-13(12)17(16)22-9-10-23-17/h5-8H,3-4,9-11H2,1-2H3. The zero-order valence-corrected chi connectivity index (χ0v) is 14.9. The average Bonchev–Trinajstić information content (AvgIpc) is 3.14. The highest BCUT2D eigenvalue weighted by molar-refractivity contribution is 8.20. The van der Waals surface area contributed by atoms with Crippen molar-refractivity contribution in [3.05, 3.63) is 35.4 Å². The van der Waals surface area contributed by atoms with Gasteiger partial charge in [-0.3, -0.25) is 9.59 Å². The first kappa shape index (κ1) is 16.7. The Morgan fingerprint density at radius 2 is 1.61 bits per heavy atom. The van der Waals surface area contributed by atoms with Crippen LogP contribution in [0.4, 0.5) is 0 Å². The molecule has 0 saturated carbocycles. The minimum absolute atomic E-state index is 0.252. The minimum Gasteiger partial charge on any atom is -0.465 e. The number of benzene rings is 1. The predicted molar refractivity (Wildman–Crippen MR) is 92.4 cm³/mol. The Labute approximate surface area is 144 Å². The van der Waals surface area contributed by atoms with Gasteiger partial charge in [0.15, 0.2) is 5.41 Å². The fourth-order valence-electron chi connectivity index (χ4n) is 3.45. The van der Waals surface area contributed by atoms with Gasteiger partial charge in [-0.25, -0.2) is 0 Å². The first-order chi connectivity index (χ1) is 11.1. The molecule has 0 unspecified atom stereocenters. The van der Waals surface area contributed by atoms with Crippen LogP contribution in [0.2, 0.25) is 0 Å². The lowest BCUT2D eigenvalue weighted by Crippen LogP contribution is -2.51. The largest absolute Gasteiger partial charge is 0.465 e. The van der Waals surface area contributed by atoms with Gasteiger partial charge in [-0.05, 0) is 25.0 Å². The molecular weight excluding hydrogens is 332 g/mol. The SMILES string of the molecule is CCOC(=O)C1(C(=O)OCC)Cc2ccccc2C12SCCS2. The van der Waals surface area contributed by atoms with Crippen molar-refractivity contribution in [2.45, 2.75) is 24.3 Å². The molecule has 0 amide bonds. The van der Waals surface area contributed by atoms with E-state index in [0.717, 1.165) is 22.6 Å². The summed E-state index contributed by atoms with van der Waals surface area (Å²) >= 11 is 3.34. The van der Waals surface area contributed by atoms with E-state index in [4.69, 9.17) is 9.47 Å². The second kappa shape index (κ2) is 6.40. The van der Waals surface area contributed by atoms with Crippen molar-refractivity contribution in [3.63, 3.8) is 0 Å². The van der Waals surface area contributed by atoms with Gasteiger partial charge in [-0.2, -0.15) is 0 Å². The topological polar surface area (TPSA) is 52.6 Å². The van der Waals surface area contributed by atoms with Crippen LogP contribution >= 0.6 is 23.5 Å². The molecule has 1 aromatic carbocycles. The molecule has 23 heavy (non-hydrogen) atoms. The van der Waals surface area contributed by atoms with Crippen molar-refractivity contribution < 1.29 is 19.1 Å². The van der Waals surface area contributed by atoms with E-state index in [-0.39, 0.29) is 13.2 Å². The third-order valence-corrected chi connectivity index (χ3v) is 8.06. The number of carbonyl (C=O) groups is 2. The van der Waals surface area contributed by atoms with Gasteiger partial charge in [0.2, 0.25) is 0 Å². The van der Waals surface area contributed by atoms with Gasteiger partial charge in [0.25, 0.3) is 0 Å². The molecule has 0 atom stereocenters. The summed E-state index contributed by atoms with van der Waals surface area (Å²) in [4.78, 5) is 25.9. The van der Waals surface area contributed by atoms with Crippen LogP contribution in [0.3, 0.4) is 0 Å². The number of thioether (sulfide) groups is 2. The molecule has 124 valence electrons. The van der Waals surface area contributed by atoms with Gasteiger partial charge in [0.05, 0.1) is 13.2 Å². The summed E-state index contributed by atoms with van der Waals surface area (Å²) < 4.78 is 10.1. The summed E-state index contributed by atoms with van der Waals surface area (Å²) in [5, 5.41) is 0. The summed E-state index contributed by atoms with van der Waals surface area (Å²) in [7, 11) is 0. The zero-order chi connectivity index (χ0) is 16.5. The Morgan fingerprint density at radius 3 is 2.17 bits per heavy atom. The molecule has 6 heteroatoms. The number of hydrogen-bond donors (Lipinski definition) is 0. The van der Waals surface area contributed by atoms with Gasteiger partial charge in [0, 0.05) is 17.9 Å². The van der Waals surface area contributed by atoms with Crippen LogP contribution in [0.25, 0.3) is 0 Å². The van der Waals surface area contributed by atoms with Crippen molar-refractivity contribution in [2.75, 3.05) is 24.7 Å². The molecule has 2 aliphatic rings. The van der Waals surface area contributed by atoms with Crippen LogP contribution in [0.5, 0.6) is 0 Å². The Balaban J connectivity index is 2.18. The average molecular weight is 352 g/mol. The van der Waals surface area contributed by atoms with Crippen molar-refractivity contribution >= 4 is 35.5 Å². The number of fused-ring (bicyclic) bond motifs is 2. The van der Waals surface area contributed by atoms with E-state index in [0.29, 0.717) is 6.42 Å². The molecule has 1 spiro atoms. The summed E-state index contributed by atoms with van der Waals surface area (Å²) in [6.45, 7) is 4.03. The first-order valence-electron chi connectivity index (χ1n) is 7.83. The Kier molecular flexibility index (Phi) is 4.65. The maximum absolute atomic E-state index is 13.0. The molecule has 0 aromatic heterocycles. The van der Waals surface area contributed by atoms with Crippen LogP contribution in [0, 0.1) is 5.41 Å². The second-order valence-electron chi connectivity index (χ2n) is 5.49. The Hall–Kier alpha value is -1.14. The van der Waals surface area contributed by atoms with E-state index in [1.807, 2.05) is 24.3 Å². The number of hydrogen-bond acceptors (Lipinski definition) is 6. The highest BCUT2D eigenvalue weighted by Crippen LogP contribution is 2.68. The summed E-state index contributed by atoms with van der Waals surface area (Å²) in [5.41, 5.74) is 0.804. The van der Waals surface area contributed by atoms with Gasteiger partial charge < -0.3 is 9.47 Å². The van der Waals surface area contributed by atoms with Crippen LogP contribution < -0.4 is 0 Å². The van der Waals surface area contributed by atoms with Crippen LogP contribution in [-0.2, 0) is 29.6 Å². The number of rotatable bonds is 4.